The molecular weight excluding hydrogens is 414 g/mol. The highest BCUT2D eigenvalue weighted by atomic mass is 16.5. The second-order valence-electron chi connectivity index (χ2n) is 8.35. The van der Waals surface area contributed by atoms with Crippen LogP contribution >= 0.6 is 0 Å². The van der Waals surface area contributed by atoms with Crippen LogP contribution in [0.15, 0.2) is 72.8 Å². The molecule has 0 N–H and O–H groups in total. The second kappa shape index (κ2) is 8.98. The molecule has 6 heteroatoms. The summed E-state index contributed by atoms with van der Waals surface area (Å²) in [6, 6.07) is 23.8. The number of rotatable bonds is 7. The van der Waals surface area contributed by atoms with Gasteiger partial charge >= 0.3 is 0 Å². The number of imidazole rings is 1. The van der Waals surface area contributed by atoms with Crippen molar-refractivity contribution in [1.29, 1.82) is 0 Å². The molecule has 1 aliphatic rings. The Kier molecular flexibility index (Phi) is 5.73. The number of amides is 1. The third kappa shape index (κ3) is 4.16. The predicted molar refractivity (Wildman–Crippen MR) is 129 cm³/mol. The van der Waals surface area contributed by atoms with Crippen LogP contribution in [0.2, 0.25) is 0 Å². The summed E-state index contributed by atoms with van der Waals surface area (Å²) in [5, 5.41) is 0. The zero-order valence-corrected chi connectivity index (χ0v) is 18.9. The predicted octanol–water partition coefficient (Wildman–Crippen LogP) is 4.95. The summed E-state index contributed by atoms with van der Waals surface area (Å²) >= 11 is 0. The molecule has 168 valence electrons. The van der Waals surface area contributed by atoms with Gasteiger partial charge in [-0.2, -0.15) is 0 Å². The fourth-order valence-corrected chi connectivity index (χ4v) is 4.57. The van der Waals surface area contributed by atoms with Gasteiger partial charge in [-0.15, -0.1) is 0 Å². The molecule has 1 atom stereocenters. The molecule has 33 heavy (non-hydrogen) atoms. The van der Waals surface area contributed by atoms with Crippen LogP contribution in [-0.2, 0) is 11.3 Å². The third-order valence-corrected chi connectivity index (χ3v) is 6.12. The molecule has 0 aliphatic carbocycles. The molecule has 4 aromatic rings. The van der Waals surface area contributed by atoms with Gasteiger partial charge in [-0.25, -0.2) is 4.98 Å². The smallest absolute Gasteiger partial charge is 0.227 e. The first kappa shape index (κ1) is 21.1. The van der Waals surface area contributed by atoms with Crippen LogP contribution in [0.4, 0.5) is 5.69 Å². The lowest BCUT2D eigenvalue weighted by Crippen LogP contribution is -2.25. The number of carbonyl (C=O) groups excluding carboxylic acids is 1. The first-order valence-corrected chi connectivity index (χ1v) is 11.2. The Hall–Kier alpha value is -3.80. The van der Waals surface area contributed by atoms with Crippen LogP contribution in [0, 0.1) is 6.92 Å². The van der Waals surface area contributed by atoms with Crippen LogP contribution in [0.5, 0.6) is 11.5 Å². The van der Waals surface area contributed by atoms with Crippen LogP contribution in [0.3, 0.4) is 0 Å². The average Bonchev–Trinajstić information content (AvgIpc) is 3.39. The van der Waals surface area contributed by atoms with Crippen molar-refractivity contribution in [2.75, 3.05) is 25.2 Å². The lowest BCUT2D eigenvalue weighted by Gasteiger charge is -2.20. The number of methoxy groups -OCH3 is 1. The van der Waals surface area contributed by atoms with E-state index in [0.717, 1.165) is 28.3 Å². The minimum absolute atomic E-state index is 0.00576. The van der Waals surface area contributed by atoms with Crippen molar-refractivity contribution >= 4 is 22.6 Å². The lowest BCUT2D eigenvalue weighted by molar-refractivity contribution is -0.117. The average molecular weight is 442 g/mol. The zero-order valence-electron chi connectivity index (χ0n) is 18.9. The summed E-state index contributed by atoms with van der Waals surface area (Å²) in [7, 11) is 1.63. The van der Waals surface area contributed by atoms with E-state index in [2.05, 4.69) is 23.6 Å². The molecule has 0 saturated carbocycles. The van der Waals surface area contributed by atoms with E-state index in [-0.39, 0.29) is 11.8 Å². The Balaban J connectivity index is 1.41. The molecule has 6 nitrogen and oxygen atoms in total. The van der Waals surface area contributed by atoms with E-state index in [1.165, 1.54) is 5.56 Å². The first-order valence-electron chi connectivity index (χ1n) is 11.2. The number of para-hydroxylation sites is 4. The highest BCUT2D eigenvalue weighted by molar-refractivity contribution is 5.97. The summed E-state index contributed by atoms with van der Waals surface area (Å²) in [4.78, 5) is 19.7. The van der Waals surface area contributed by atoms with Gasteiger partial charge in [0.05, 0.1) is 30.4 Å². The van der Waals surface area contributed by atoms with Gasteiger partial charge < -0.3 is 18.9 Å². The van der Waals surface area contributed by atoms with Crippen molar-refractivity contribution in [3.63, 3.8) is 0 Å². The number of anilines is 1. The van der Waals surface area contributed by atoms with Crippen LogP contribution in [0.1, 0.15) is 23.7 Å². The molecule has 1 fully saturated rings. The van der Waals surface area contributed by atoms with Crippen molar-refractivity contribution in [3.05, 3.63) is 84.2 Å². The normalized spacial score (nSPS) is 15.9. The molecular formula is C27H27N3O3. The topological polar surface area (TPSA) is 56.6 Å². The van der Waals surface area contributed by atoms with Gasteiger partial charge in [-0.05, 0) is 48.9 Å². The number of nitrogens with zero attached hydrogens (tertiary/aromatic N) is 3. The number of benzene rings is 3. The van der Waals surface area contributed by atoms with E-state index >= 15 is 0 Å². The van der Waals surface area contributed by atoms with Gasteiger partial charge in [0, 0.05) is 18.9 Å². The van der Waals surface area contributed by atoms with E-state index in [9.17, 15) is 4.79 Å². The molecule has 5 rings (SSSR count). The maximum absolute atomic E-state index is 13.0. The van der Waals surface area contributed by atoms with Crippen LogP contribution in [-0.4, -0.2) is 35.7 Å². The molecule has 1 aromatic heterocycles. The second-order valence-corrected chi connectivity index (χ2v) is 8.35. The van der Waals surface area contributed by atoms with Crippen LogP contribution < -0.4 is 14.4 Å². The van der Waals surface area contributed by atoms with E-state index in [4.69, 9.17) is 14.5 Å². The number of aromatic nitrogens is 2. The van der Waals surface area contributed by atoms with Gasteiger partial charge in [-0.1, -0.05) is 36.4 Å². The van der Waals surface area contributed by atoms with Gasteiger partial charge in [-0.3, -0.25) is 4.79 Å². The van der Waals surface area contributed by atoms with Gasteiger partial charge in [0.2, 0.25) is 5.91 Å². The van der Waals surface area contributed by atoms with E-state index < -0.39 is 0 Å². The molecule has 0 radical (unpaired) electrons. The third-order valence-electron chi connectivity index (χ3n) is 6.12. The fraction of sp³-hybridized carbons (Fsp3) is 0.259. The Morgan fingerprint density at radius 2 is 1.85 bits per heavy atom. The standard InChI is InChI=1S/C27H27N3O3/c1-19-8-7-9-21(16-19)33-15-14-29-23-11-4-3-10-22(23)28-27(29)20-17-26(31)30(18-20)24-12-5-6-13-25(24)32-2/h3-13,16,20H,14-15,17-18H2,1-2H3. The van der Waals surface area contributed by atoms with Gasteiger partial charge in [0.25, 0.3) is 0 Å². The minimum Gasteiger partial charge on any atom is -0.495 e. The molecule has 3 aromatic carbocycles. The molecule has 0 spiro atoms. The zero-order chi connectivity index (χ0) is 22.8. The molecule has 1 amide bonds. The van der Waals surface area contributed by atoms with Crippen molar-refractivity contribution in [2.45, 2.75) is 25.8 Å². The molecule has 1 unspecified atom stereocenters. The summed E-state index contributed by atoms with van der Waals surface area (Å²) in [6.07, 6.45) is 0.417. The first-order chi connectivity index (χ1) is 16.1. The maximum Gasteiger partial charge on any atom is 0.227 e. The summed E-state index contributed by atoms with van der Waals surface area (Å²) in [5.74, 6) is 2.56. The Morgan fingerprint density at radius 1 is 1.03 bits per heavy atom. The largest absolute Gasteiger partial charge is 0.495 e. The molecule has 1 saturated heterocycles. The van der Waals surface area contributed by atoms with Crippen molar-refractivity contribution < 1.29 is 14.3 Å². The van der Waals surface area contributed by atoms with Gasteiger partial charge in [0.15, 0.2) is 0 Å². The van der Waals surface area contributed by atoms with Crippen molar-refractivity contribution in [3.8, 4) is 11.5 Å². The summed E-state index contributed by atoms with van der Waals surface area (Å²) in [6.45, 7) is 3.80. The quantitative estimate of drug-likeness (QED) is 0.407. The molecule has 2 heterocycles. The van der Waals surface area contributed by atoms with Crippen LogP contribution in [0.25, 0.3) is 11.0 Å². The monoisotopic (exact) mass is 441 g/mol. The number of carbonyl (C=O) groups is 1. The number of hydrogen-bond acceptors (Lipinski definition) is 4. The number of hydrogen-bond donors (Lipinski definition) is 0. The Labute approximate surface area is 193 Å². The summed E-state index contributed by atoms with van der Waals surface area (Å²) < 4.78 is 13.7. The van der Waals surface area contributed by atoms with Gasteiger partial charge in [0.1, 0.15) is 23.9 Å². The number of ether oxygens (including phenoxy) is 2. The summed E-state index contributed by atoms with van der Waals surface area (Å²) in [5.41, 5.74) is 3.97. The Bertz CT molecular complexity index is 1300. The number of fused-ring (bicyclic) bond motifs is 1. The highest BCUT2D eigenvalue weighted by Gasteiger charge is 2.35. The van der Waals surface area contributed by atoms with E-state index in [1.54, 1.807) is 7.11 Å². The maximum atomic E-state index is 13.0. The van der Waals surface area contributed by atoms with Crippen molar-refractivity contribution in [1.82, 2.24) is 9.55 Å². The minimum atomic E-state index is -0.00576. The van der Waals surface area contributed by atoms with Crippen molar-refractivity contribution in [2.24, 2.45) is 0 Å². The van der Waals surface area contributed by atoms with E-state index in [1.807, 2.05) is 65.6 Å². The molecule has 1 aliphatic heterocycles. The van der Waals surface area contributed by atoms with E-state index in [0.29, 0.717) is 31.9 Å². The lowest BCUT2D eigenvalue weighted by atomic mass is 10.1. The Morgan fingerprint density at radius 3 is 2.70 bits per heavy atom. The highest BCUT2D eigenvalue weighted by Crippen LogP contribution is 2.37. The molecule has 0 bridgehead atoms. The fourth-order valence-electron chi connectivity index (χ4n) is 4.57. The SMILES string of the molecule is COc1ccccc1N1CC(c2nc3ccccc3n2CCOc2cccc(C)c2)CC1=O. The number of aryl methyl sites for hydroxylation is 1.